The van der Waals surface area contributed by atoms with Crippen LogP contribution in [0.4, 0.5) is 0 Å². The maximum absolute atomic E-state index is 12.8. The minimum absolute atomic E-state index is 0.0301. The molecule has 1 aromatic carbocycles. The van der Waals surface area contributed by atoms with Crippen LogP contribution in [0.1, 0.15) is 30.1 Å². The Morgan fingerprint density at radius 3 is 2.46 bits per heavy atom. The van der Waals surface area contributed by atoms with Gasteiger partial charge < -0.3 is 44.1 Å². The van der Waals surface area contributed by atoms with Gasteiger partial charge in [-0.15, -0.1) is 0 Å². The highest BCUT2D eigenvalue weighted by Crippen LogP contribution is 2.83. The summed E-state index contributed by atoms with van der Waals surface area (Å²) in [5.74, 6) is -1.58. The molecule has 3 aliphatic carbocycles. The minimum Gasteiger partial charge on any atom is -0.461 e. The quantitative estimate of drug-likeness (QED) is 0.197. The van der Waals surface area contributed by atoms with E-state index in [0.717, 1.165) is 0 Å². The summed E-state index contributed by atoms with van der Waals surface area (Å²) in [4.78, 5) is 10.8. The highest BCUT2D eigenvalue weighted by Gasteiger charge is 2.96. The molecule has 0 spiro atoms. The van der Waals surface area contributed by atoms with Crippen molar-refractivity contribution in [2.45, 2.75) is 72.9 Å². The van der Waals surface area contributed by atoms with Crippen molar-refractivity contribution >= 4 is 16.1 Å². The van der Waals surface area contributed by atoms with Crippen molar-refractivity contribution in [2.75, 3.05) is 13.2 Å². The Kier molecular flexibility index (Phi) is 5.46. The molecule has 7 fully saturated rings. The summed E-state index contributed by atoms with van der Waals surface area (Å²) in [5, 5.41) is 40.6. The van der Waals surface area contributed by atoms with E-state index in [0.29, 0.717) is 0 Å². The number of aliphatic hydroxyl groups is 4. The summed E-state index contributed by atoms with van der Waals surface area (Å²) in [7, 11) is -4.76. The predicted molar refractivity (Wildman–Crippen MR) is 118 cm³/mol. The van der Waals surface area contributed by atoms with Gasteiger partial charge in [0.25, 0.3) is 10.1 Å². The van der Waals surface area contributed by atoms with Gasteiger partial charge in [-0.2, -0.15) is 8.42 Å². The number of benzene rings is 1. The lowest BCUT2D eigenvalue weighted by Crippen LogP contribution is -2.81. The van der Waals surface area contributed by atoms with Gasteiger partial charge >= 0.3 is 5.97 Å². The maximum atomic E-state index is 12.8. The van der Waals surface area contributed by atoms with Crippen LogP contribution in [0.3, 0.4) is 0 Å². The van der Waals surface area contributed by atoms with Gasteiger partial charge in [-0.05, 0) is 25.5 Å². The van der Waals surface area contributed by atoms with Crippen molar-refractivity contribution in [3.8, 4) is 0 Å². The third-order valence-electron chi connectivity index (χ3n) is 8.98. The maximum Gasteiger partial charge on any atom is 0.338 e. The van der Waals surface area contributed by atoms with Crippen molar-refractivity contribution in [1.29, 1.82) is 0 Å². The van der Waals surface area contributed by atoms with Crippen LogP contribution >= 0.6 is 0 Å². The van der Waals surface area contributed by atoms with Gasteiger partial charge in [0.15, 0.2) is 12.6 Å². The molecule has 4 heterocycles. The molecule has 7 aliphatic rings. The first-order valence-electron chi connectivity index (χ1n) is 11.9. The Hall–Kier alpha value is -1.72. The Balaban J connectivity index is 1.38. The number of carbonyl (C=O) groups excluding carboxylic acids is 1. The molecule has 6 bridgehead atoms. The van der Waals surface area contributed by atoms with E-state index in [4.69, 9.17) is 23.7 Å². The van der Waals surface area contributed by atoms with Crippen LogP contribution in [-0.2, 0) is 33.8 Å². The highest BCUT2D eigenvalue weighted by molar-refractivity contribution is 7.87. The first-order valence-corrected chi connectivity index (χ1v) is 13.3. The topological polar surface area (TPSA) is 199 Å². The zero-order valence-electron chi connectivity index (χ0n) is 19.7. The van der Waals surface area contributed by atoms with E-state index < -0.39 is 93.8 Å². The summed E-state index contributed by atoms with van der Waals surface area (Å²) >= 11 is 0. The fraction of sp³-hybridized carbons (Fsp3) is 0.696. The van der Waals surface area contributed by atoms with E-state index in [1.807, 2.05) is 0 Å². The van der Waals surface area contributed by atoms with Crippen LogP contribution in [0, 0.1) is 11.3 Å². The molecule has 14 heteroatoms. The molecule has 0 amide bonds. The third kappa shape index (κ3) is 2.99. The summed E-state index contributed by atoms with van der Waals surface area (Å²) in [5.41, 5.74) is -4.01. The van der Waals surface area contributed by atoms with E-state index in [9.17, 15) is 38.2 Å². The second-order valence-electron chi connectivity index (χ2n) is 10.6. The van der Waals surface area contributed by atoms with E-state index in [1.165, 1.54) is 0 Å². The zero-order chi connectivity index (χ0) is 26.6. The molecule has 37 heavy (non-hydrogen) atoms. The third-order valence-corrected chi connectivity index (χ3v) is 10.4. The van der Waals surface area contributed by atoms with Gasteiger partial charge in [0.05, 0.1) is 17.6 Å². The molecule has 0 aromatic heterocycles. The lowest BCUT2D eigenvalue weighted by atomic mass is 9.41. The van der Waals surface area contributed by atoms with E-state index in [-0.39, 0.29) is 18.4 Å². The molecule has 4 saturated heterocycles. The van der Waals surface area contributed by atoms with Gasteiger partial charge in [0.2, 0.25) is 4.93 Å². The molecule has 3 saturated carbocycles. The SMILES string of the molecule is C[C@@]12CC3(S(=O)(=O)O)OC(O1)[C@]1(COC(=O)c4ccccc4)[C@H]3C[C@]21O[C@@H]1O[C@H](CO)[C@@H](O)[C@H](O)[C@H]1O. The van der Waals surface area contributed by atoms with Gasteiger partial charge in [0, 0.05) is 12.3 Å². The summed E-state index contributed by atoms with van der Waals surface area (Å²) in [6, 6.07) is 8.13. The van der Waals surface area contributed by atoms with Crippen LogP contribution in [-0.4, -0.2) is 106 Å². The van der Waals surface area contributed by atoms with Crippen molar-refractivity contribution in [3.05, 3.63) is 35.9 Å². The summed E-state index contributed by atoms with van der Waals surface area (Å²) < 4.78 is 64.8. The Morgan fingerprint density at radius 2 is 1.81 bits per heavy atom. The molecule has 0 radical (unpaired) electrons. The van der Waals surface area contributed by atoms with Crippen LogP contribution < -0.4 is 0 Å². The van der Waals surface area contributed by atoms with Crippen molar-refractivity contribution in [1.82, 2.24) is 0 Å². The smallest absolute Gasteiger partial charge is 0.338 e. The fourth-order valence-corrected chi connectivity index (χ4v) is 8.49. The lowest BCUT2D eigenvalue weighted by Gasteiger charge is -2.68. The van der Waals surface area contributed by atoms with Gasteiger partial charge in [-0.3, -0.25) is 4.55 Å². The standard InChI is InChI=1S/C23H28O13S/c1-20-9-22(37(29,30)31)13-7-23(20,34-18-16(27)15(26)14(25)12(8-24)33-18)21(13,19(35-20)36-22)10-32-17(28)11-5-3-2-4-6-11/h2-6,12-16,18-19,24-27H,7-10H2,1H3,(H,29,30,31)/t12-,13-,14-,15+,16-,18+,19?,20+,21+,22?,23+/m1/s1. The molecule has 11 atom stereocenters. The monoisotopic (exact) mass is 544 g/mol. The number of rotatable bonds is 7. The van der Waals surface area contributed by atoms with Crippen LogP contribution in [0.15, 0.2) is 30.3 Å². The molecule has 5 N–H and O–H groups in total. The second kappa shape index (κ2) is 7.91. The lowest BCUT2D eigenvalue weighted by molar-refractivity contribution is -0.393. The van der Waals surface area contributed by atoms with E-state index in [2.05, 4.69) is 0 Å². The average Bonchev–Trinajstić information content (AvgIpc) is 3.07. The van der Waals surface area contributed by atoms with Crippen LogP contribution in [0.5, 0.6) is 0 Å². The van der Waals surface area contributed by atoms with Crippen molar-refractivity contribution in [2.24, 2.45) is 11.3 Å². The second-order valence-corrected chi connectivity index (χ2v) is 12.3. The van der Waals surface area contributed by atoms with Gasteiger partial charge in [-0.25, -0.2) is 4.79 Å². The van der Waals surface area contributed by atoms with Gasteiger partial charge in [-0.1, -0.05) is 18.2 Å². The van der Waals surface area contributed by atoms with Gasteiger partial charge in [0.1, 0.15) is 42.2 Å². The normalized spacial score (nSPS) is 49.6. The predicted octanol–water partition coefficient (Wildman–Crippen LogP) is -1.46. The molecule has 4 aliphatic heterocycles. The zero-order valence-corrected chi connectivity index (χ0v) is 20.5. The molecule has 2 unspecified atom stereocenters. The molecular formula is C23H28O13S. The number of hydrogen-bond acceptors (Lipinski definition) is 12. The molecule has 8 rings (SSSR count). The van der Waals surface area contributed by atoms with Crippen molar-refractivity contribution in [3.63, 3.8) is 0 Å². The molecule has 1 aromatic rings. The van der Waals surface area contributed by atoms with Crippen LogP contribution in [0.25, 0.3) is 0 Å². The van der Waals surface area contributed by atoms with E-state index >= 15 is 0 Å². The Bertz CT molecular complexity index is 1210. The Labute approximate surface area is 211 Å². The first kappa shape index (κ1) is 25.6. The minimum atomic E-state index is -4.76. The average molecular weight is 545 g/mol. The largest absolute Gasteiger partial charge is 0.461 e. The summed E-state index contributed by atoms with van der Waals surface area (Å²) in [6.45, 7) is 0.495. The fourth-order valence-electron chi connectivity index (χ4n) is 7.17. The van der Waals surface area contributed by atoms with Crippen molar-refractivity contribution < 1.29 is 61.9 Å². The number of hydrogen-bond donors (Lipinski definition) is 5. The van der Waals surface area contributed by atoms with E-state index in [1.54, 1.807) is 37.3 Å². The molecular weight excluding hydrogens is 516 g/mol. The first-order chi connectivity index (χ1) is 17.4. The Morgan fingerprint density at radius 1 is 1.11 bits per heavy atom. The number of ether oxygens (including phenoxy) is 5. The molecule has 204 valence electrons. The number of aliphatic hydroxyl groups excluding tert-OH is 4. The van der Waals surface area contributed by atoms with Crippen LogP contribution in [0.2, 0.25) is 0 Å². The molecule has 13 nitrogen and oxygen atoms in total. The highest BCUT2D eigenvalue weighted by atomic mass is 32.2. The summed E-state index contributed by atoms with van der Waals surface area (Å²) in [6.07, 6.45) is -9.44. The number of esters is 1. The number of carbonyl (C=O) groups is 1.